The van der Waals surface area contributed by atoms with E-state index in [1.807, 2.05) is 31.2 Å². The topological polar surface area (TPSA) is 68.0 Å². The zero-order valence-electron chi connectivity index (χ0n) is 9.80. The fraction of sp³-hybridized carbons (Fsp3) is 0.250. The summed E-state index contributed by atoms with van der Waals surface area (Å²) in [7, 11) is 0. The number of carbonyl (C=O) groups is 1. The van der Waals surface area contributed by atoms with Gasteiger partial charge in [0.15, 0.2) is 0 Å². The molecule has 0 aliphatic heterocycles. The van der Waals surface area contributed by atoms with E-state index in [9.17, 15) is 4.79 Å². The molecule has 0 fully saturated rings. The fourth-order valence-corrected chi connectivity index (χ4v) is 2.06. The van der Waals surface area contributed by atoms with Gasteiger partial charge >= 0.3 is 5.97 Å². The van der Waals surface area contributed by atoms with E-state index in [0.717, 1.165) is 21.5 Å². The number of benzene rings is 1. The summed E-state index contributed by atoms with van der Waals surface area (Å²) in [5.74, 6) is -0.827. The van der Waals surface area contributed by atoms with Gasteiger partial charge in [-0.05, 0) is 25.1 Å². The number of aryl methyl sites for hydroxylation is 1. The Kier molecular flexibility index (Phi) is 3.76. The van der Waals surface area contributed by atoms with Crippen molar-refractivity contribution in [1.29, 1.82) is 0 Å². The van der Waals surface area contributed by atoms with Crippen LogP contribution in [-0.2, 0) is 11.2 Å². The van der Waals surface area contributed by atoms with Crippen LogP contribution in [0.15, 0.2) is 28.7 Å². The molecule has 0 radical (unpaired) electrons. The Morgan fingerprint density at radius 2 is 2.28 bits per heavy atom. The summed E-state index contributed by atoms with van der Waals surface area (Å²) >= 11 is 3.40. The quantitative estimate of drug-likeness (QED) is 0.941. The summed E-state index contributed by atoms with van der Waals surface area (Å²) in [5.41, 5.74) is 2.49. The predicted molar refractivity (Wildman–Crippen MR) is 69.8 cm³/mol. The molecule has 1 N–H and O–H groups in total. The minimum Gasteiger partial charge on any atom is -0.481 e. The molecule has 94 valence electrons. The molecule has 1 heterocycles. The zero-order valence-corrected chi connectivity index (χ0v) is 11.4. The van der Waals surface area contributed by atoms with Crippen LogP contribution in [0.4, 0.5) is 0 Å². The molecule has 2 rings (SSSR count). The van der Waals surface area contributed by atoms with Crippen LogP contribution >= 0.6 is 15.9 Å². The largest absolute Gasteiger partial charge is 0.481 e. The van der Waals surface area contributed by atoms with Crippen molar-refractivity contribution in [2.45, 2.75) is 19.8 Å². The number of hydrogen-bond acceptors (Lipinski definition) is 3. The van der Waals surface area contributed by atoms with E-state index in [1.165, 1.54) is 0 Å². The van der Waals surface area contributed by atoms with Crippen LogP contribution in [0.5, 0.6) is 0 Å². The van der Waals surface area contributed by atoms with Crippen molar-refractivity contribution in [1.82, 2.24) is 15.0 Å². The Morgan fingerprint density at radius 3 is 2.94 bits per heavy atom. The van der Waals surface area contributed by atoms with E-state index >= 15 is 0 Å². The molecule has 0 aliphatic rings. The molecular formula is C12H12BrN3O2. The maximum Gasteiger partial charge on any atom is 0.303 e. The first-order valence-electron chi connectivity index (χ1n) is 5.47. The smallest absolute Gasteiger partial charge is 0.303 e. The Morgan fingerprint density at radius 1 is 1.50 bits per heavy atom. The van der Waals surface area contributed by atoms with Gasteiger partial charge in [-0.25, -0.2) is 4.68 Å². The molecule has 0 aliphatic carbocycles. The molecule has 1 aromatic heterocycles. The lowest BCUT2D eigenvalue weighted by molar-refractivity contribution is -0.136. The molecular weight excluding hydrogens is 298 g/mol. The summed E-state index contributed by atoms with van der Waals surface area (Å²) in [5, 5.41) is 16.8. The maximum atomic E-state index is 10.5. The predicted octanol–water partition coefficient (Wildman–Crippen LogP) is 2.36. The van der Waals surface area contributed by atoms with Crippen LogP contribution in [0.3, 0.4) is 0 Å². The second kappa shape index (κ2) is 5.30. The first-order chi connectivity index (χ1) is 8.58. The molecule has 0 bridgehead atoms. The van der Waals surface area contributed by atoms with E-state index < -0.39 is 5.97 Å². The molecule has 0 atom stereocenters. The first-order valence-corrected chi connectivity index (χ1v) is 6.26. The van der Waals surface area contributed by atoms with Crippen molar-refractivity contribution < 1.29 is 9.90 Å². The third-order valence-corrected chi connectivity index (χ3v) is 3.11. The van der Waals surface area contributed by atoms with Crippen molar-refractivity contribution in [2.75, 3.05) is 0 Å². The van der Waals surface area contributed by atoms with Crippen LogP contribution in [0.1, 0.15) is 17.8 Å². The third-order valence-electron chi connectivity index (χ3n) is 2.62. The Hall–Kier alpha value is -1.69. The van der Waals surface area contributed by atoms with Gasteiger partial charge in [0.05, 0.1) is 23.5 Å². The van der Waals surface area contributed by atoms with Crippen molar-refractivity contribution >= 4 is 21.9 Å². The van der Waals surface area contributed by atoms with Gasteiger partial charge in [-0.1, -0.05) is 27.2 Å². The number of nitrogens with zero attached hydrogens (tertiary/aromatic N) is 3. The van der Waals surface area contributed by atoms with Crippen molar-refractivity contribution in [3.8, 4) is 5.69 Å². The summed E-state index contributed by atoms with van der Waals surface area (Å²) in [6, 6.07) is 7.70. The summed E-state index contributed by atoms with van der Waals surface area (Å²) in [6.45, 7) is 1.89. The van der Waals surface area contributed by atoms with Crippen LogP contribution in [-0.4, -0.2) is 26.1 Å². The van der Waals surface area contributed by atoms with Crippen LogP contribution in [0, 0.1) is 6.92 Å². The van der Waals surface area contributed by atoms with Crippen molar-refractivity contribution in [3.63, 3.8) is 0 Å². The van der Waals surface area contributed by atoms with Crippen LogP contribution < -0.4 is 0 Å². The monoisotopic (exact) mass is 309 g/mol. The Labute approximate surface area is 113 Å². The van der Waals surface area contributed by atoms with E-state index in [0.29, 0.717) is 6.42 Å². The lowest BCUT2D eigenvalue weighted by Crippen LogP contribution is -2.01. The van der Waals surface area contributed by atoms with Gasteiger partial charge in [-0.2, -0.15) is 0 Å². The Balaban J connectivity index is 2.28. The van der Waals surface area contributed by atoms with E-state index in [2.05, 4.69) is 26.2 Å². The van der Waals surface area contributed by atoms with Gasteiger partial charge in [-0.3, -0.25) is 4.79 Å². The van der Waals surface area contributed by atoms with Gasteiger partial charge in [0, 0.05) is 10.9 Å². The normalized spacial score (nSPS) is 10.6. The summed E-state index contributed by atoms with van der Waals surface area (Å²) in [6.07, 6.45) is 0.465. The van der Waals surface area contributed by atoms with Gasteiger partial charge in [0.2, 0.25) is 0 Å². The molecule has 5 nitrogen and oxygen atoms in total. The molecule has 1 aromatic carbocycles. The molecule has 2 aromatic rings. The first kappa shape index (κ1) is 12.8. The lowest BCUT2D eigenvalue weighted by Gasteiger charge is -2.03. The highest BCUT2D eigenvalue weighted by molar-refractivity contribution is 9.10. The van der Waals surface area contributed by atoms with E-state index in [-0.39, 0.29) is 6.42 Å². The number of carboxylic acids is 1. The molecule has 0 saturated heterocycles. The van der Waals surface area contributed by atoms with Crippen molar-refractivity contribution in [2.24, 2.45) is 0 Å². The highest BCUT2D eigenvalue weighted by Crippen LogP contribution is 2.17. The van der Waals surface area contributed by atoms with Gasteiger partial charge in [0.25, 0.3) is 0 Å². The zero-order chi connectivity index (χ0) is 13.1. The highest BCUT2D eigenvalue weighted by atomic mass is 79.9. The number of aliphatic carboxylic acids is 1. The van der Waals surface area contributed by atoms with Gasteiger partial charge in [0.1, 0.15) is 0 Å². The number of aromatic nitrogens is 3. The minimum atomic E-state index is -0.827. The summed E-state index contributed by atoms with van der Waals surface area (Å²) < 4.78 is 2.67. The molecule has 0 spiro atoms. The average Bonchev–Trinajstić information content (AvgIpc) is 2.68. The number of carboxylic acid groups (broad SMARTS) is 1. The third kappa shape index (κ3) is 2.76. The number of halogens is 1. The molecule has 0 saturated carbocycles. The van der Waals surface area contributed by atoms with Gasteiger partial charge < -0.3 is 5.11 Å². The van der Waals surface area contributed by atoms with Crippen LogP contribution in [0.2, 0.25) is 0 Å². The standard InChI is InChI=1S/C12H12BrN3O2/c1-8-11(5-6-12(17)18)14-15-16(8)10-4-2-3-9(13)7-10/h2-4,7H,5-6H2,1H3,(H,17,18). The molecule has 18 heavy (non-hydrogen) atoms. The van der Waals surface area contributed by atoms with E-state index in [4.69, 9.17) is 5.11 Å². The van der Waals surface area contributed by atoms with Crippen LogP contribution in [0.25, 0.3) is 5.69 Å². The van der Waals surface area contributed by atoms with Crippen molar-refractivity contribution in [3.05, 3.63) is 40.1 Å². The number of hydrogen-bond donors (Lipinski definition) is 1. The molecule has 6 heteroatoms. The second-order valence-corrected chi connectivity index (χ2v) is 4.82. The average molecular weight is 310 g/mol. The molecule has 0 unspecified atom stereocenters. The SMILES string of the molecule is Cc1c(CCC(=O)O)nnn1-c1cccc(Br)c1. The lowest BCUT2D eigenvalue weighted by atomic mass is 10.2. The Bertz CT molecular complexity index is 580. The number of rotatable bonds is 4. The highest BCUT2D eigenvalue weighted by Gasteiger charge is 2.11. The fourth-order valence-electron chi connectivity index (χ4n) is 1.67. The molecule has 0 amide bonds. The summed E-state index contributed by atoms with van der Waals surface area (Å²) in [4.78, 5) is 10.5. The van der Waals surface area contributed by atoms with Gasteiger partial charge in [-0.15, -0.1) is 5.10 Å². The van der Waals surface area contributed by atoms with E-state index in [1.54, 1.807) is 4.68 Å². The second-order valence-electron chi connectivity index (χ2n) is 3.91. The maximum absolute atomic E-state index is 10.5. The minimum absolute atomic E-state index is 0.0675.